The average molecular weight is 271 g/mol. The van der Waals surface area contributed by atoms with E-state index >= 15 is 0 Å². The van der Waals surface area contributed by atoms with Crippen LogP contribution in [0, 0.1) is 0 Å². The molecule has 0 aromatic heterocycles. The van der Waals surface area contributed by atoms with Gasteiger partial charge in [0.25, 0.3) is 0 Å². The van der Waals surface area contributed by atoms with Gasteiger partial charge in [0, 0.05) is 6.61 Å². The highest BCUT2D eigenvalue weighted by Gasteiger charge is 2.40. The van der Waals surface area contributed by atoms with Crippen LogP contribution >= 0.6 is 0 Å². The summed E-state index contributed by atoms with van der Waals surface area (Å²) >= 11 is 0. The van der Waals surface area contributed by atoms with Gasteiger partial charge in [-0.25, -0.2) is 13.1 Å². The topological polar surface area (TPSA) is 75.6 Å². The van der Waals surface area contributed by atoms with Crippen LogP contribution in [0.15, 0.2) is 29.2 Å². The van der Waals surface area contributed by atoms with E-state index in [0.717, 1.165) is 0 Å². The molecule has 2 unspecified atom stereocenters. The Morgan fingerprint density at radius 3 is 2.50 bits per heavy atom. The van der Waals surface area contributed by atoms with Crippen molar-refractivity contribution in [3.8, 4) is 5.75 Å². The standard InChI is InChI=1S/C12H17NO4S/c1-9-12(2,7-8-17-9)13-18(15,16)11-5-3-10(14)4-6-11/h3-6,9,13-14H,7-8H2,1-2H3. The molecule has 18 heavy (non-hydrogen) atoms. The van der Waals surface area contributed by atoms with Gasteiger partial charge in [0.1, 0.15) is 5.75 Å². The minimum absolute atomic E-state index is 0.0396. The van der Waals surface area contributed by atoms with Crippen LogP contribution in [0.4, 0.5) is 0 Å². The maximum Gasteiger partial charge on any atom is 0.241 e. The molecule has 2 rings (SSSR count). The van der Waals surface area contributed by atoms with Crippen molar-refractivity contribution in [2.24, 2.45) is 0 Å². The van der Waals surface area contributed by atoms with Gasteiger partial charge in [-0.3, -0.25) is 0 Å². The van der Waals surface area contributed by atoms with Crippen LogP contribution in [0.5, 0.6) is 5.75 Å². The molecule has 100 valence electrons. The third-order valence-electron chi connectivity index (χ3n) is 3.40. The Balaban J connectivity index is 2.25. The van der Waals surface area contributed by atoms with Gasteiger partial charge in [-0.05, 0) is 44.5 Å². The predicted octanol–water partition coefficient (Wildman–Crippen LogP) is 1.24. The molecule has 1 saturated heterocycles. The highest BCUT2D eigenvalue weighted by Crippen LogP contribution is 2.27. The lowest BCUT2D eigenvalue weighted by Crippen LogP contribution is -2.50. The Morgan fingerprint density at radius 1 is 1.39 bits per heavy atom. The second-order valence-electron chi connectivity index (χ2n) is 4.78. The van der Waals surface area contributed by atoms with Crippen LogP contribution in [-0.4, -0.2) is 31.8 Å². The van der Waals surface area contributed by atoms with Gasteiger partial charge in [-0.1, -0.05) is 0 Å². The summed E-state index contributed by atoms with van der Waals surface area (Å²) in [6.07, 6.45) is 0.482. The predicted molar refractivity (Wildman–Crippen MR) is 66.9 cm³/mol. The molecule has 1 aromatic rings. The van der Waals surface area contributed by atoms with Gasteiger partial charge in [0.05, 0.1) is 16.5 Å². The number of phenolic OH excluding ortho intramolecular Hbond substituents is 1. The number of hydrogen-bond donors (Lipinski definition) is 2. The number of sulfonamides is 1. The molecule has 5 nitrogen and oxygen atoms in total. The smallest absolute Gasteiger partial charge is 0.241 e. The molecule has 1 heterocycles. The lowest BCUT2D eigenvalue weighted by atomic mass is 9.97. The van der Waals surface area contributed by atoms with Crippen LogP contribution in [0.25, 0.3) is 0 Å². The fraction of sp³-hybridized carbons (Fsp3) is 0.500. The highest BCUT2D eigenvalue weighted by atomic mass is 32.2. The summed E-state index contributed by atoms with van der Waals surface area (Å²) in [6, 6.07) is 5.46. The first-order chi connectivity index (χ1) is 8.33. The van der Waals surface area contributed by atoms with Crippen molar-refractivity contribution >= 4 is 10.0 Å². The minimum Gasteiger partial charge on any atom is -0.508 e. The second-order valence-corrected chi connectivity index (χ2v) is 6.46. The van der Waals surface area contributed by atoms with Crippen molar-refractivity contribution in [2.75, 3.05) is 6.61 Å². The molecule has 0 bridgehead atoms. The first-order valence-corrected chi connectivity index (χ1v) is 7.26. The third kappa shape index (κ3) is 2.50. The van der Waals surface area contributed by atoms with Crippen molar-refractivity contribution in [1.82, 2.24) is 4.72 Å². The number of hydrogen-bond acceptors (Lipinski definition) is 4. The van der Waals surface area contributed by atoms with Crippen LogP contribution in [0.3, 0.4) is 0 Å². The Hall–Kier alpha value is -1.11. The fourth-order valence-electron chi connectivity index (χ4n) is 1.96. The molecular formula is C12H17NO4S. The molecule has 1 aromatic carbocycles. The maximum absolute atomic E-state index is 12.2. The van der Waals surface area contributed by atoms with E-state index in [-0.39, 0.29) is 16.7 Å². The van der Waals surface area contributed by atoms with E-state index in [4.69, 9.17) is 9.84 Å². The van der Waals surface area contributed by atoms with E-state index in [2.05, 4.69) is 4.72 Å². The van der Waals surface area contributed by atoms with Gasteiger partial charge >= 0.3 is 0 Å². The molecule has 0 spiro atoms. The molecule has 2 N–H and O–H groups in total. The molecule has 6 heteroatoms. The Bertz CT molecular complexity index is 526. The molecule has 0 amide bonds. The number of nitrogens with one attached hydrogen (secondary N) is 1. The number of benzene rings is 1. The lowest BCUT2D eigenvalue weighted by molar-refractivity contribution is 0.0957. The van der Waals surface area contributed by atoms with Crippen molar-refractivity contribution in [2.45, 2.75) is 36.8 Å². The molecule has 0 saturated carbocycles. The Kier molecular flexibility index (Phi) is 3.35. The quantitative estimate of drug-likeness (QED) is 0.867. The van der Waals surface area contributed by atoms with E-state index in [1.165, 1.54) is 24.3 Å². The van der Waals surface area contributed by atoms with E-state index in [9.17, 15) is 8.42 Å². The number of aromatic hydroxyl groups is 1. The van der Waals surface area contributed by atoms with E-state index in [1.54, 1.807) is 0 Å². The monoisotopic (exact) mass is 271 g/mol. The molecule has 0 radical (unpaired) electrons. The van der Waals surface area contributed by atoms with Gasteiger partial charge in [-0.2, -0.15) is 0 Å². The lowest BCUT2D eigenvalue weighted by Gasteiger charge is -2.28. The average Bonchev–Trinajstić information content (AvgIpc) is 2.58. The first kappa shape index (κ1) is 13.3. The second kappa shape index (κ2) is 4.53. The van der Waals surface area contributed by atoms with Crippen LogP contribution in [-0.2, 0) is 14.8 Å². The molecule has 0 aliphatic carbocycles. The summed E-state index contributed by atoms with van der Waals surface area (Å²) in [5.74, 6) is 0.0396. The summed E-state index contributed by atoms with van der Waals surface area (Å²) in [7, 11) is -3.59. The fourth-order valence-corrected chi connectivity index (χ4v) is 3.45. The summed E-state index contributed by atoms with van der Waals surface area (Å²) in [6.45, 7) is 4.24. The molecule has 1 aliphatic rings. The molecule has 2 atom stereocenters. The number of phenols is 1. The van der Waals surface area contributed by atoms with Crippen LogP contribution in [0.2, 0.25) is 0 Å². The zero-order valence-electron chi connectivity index (χ0n) is 10.4. The van der Waals surface area contributed by atoms with Gasteiger partial charge < -0.3 is 9.84 Å². The third-order valence-corrected chi connectivity index (χ3v) is 5.03. The summed E-state index contributed by atoms with van der Waals surface area (Å²) in [4.78, 5) is 0.139. The largest absolute Gasteiger partial charge is 0.508 e. The normalized spacial score (nSPS) is 28.4. The van der Waals surface area contributed by atoms with Crippen molar-refractivity contribution in [3.63, 3.8) is 0 Å². The Morgan fingerprint density at radius 2 is 2.00 bits per heavy atom. The number of rotatable bonds is 3. The van der Waals surface area contributed by atoms with E-state index < -0.39 is 15.6 Å². The highest BCUT2D eigenvalue weighted by molar-refractivity contribution is 7.89. The van der Waals surface area contributed by atoms with Crippen LogP contribution < -0.4 is 4.72 Å². The summed E-state index contributed by atoms with van der Waals surface area (Å²) in [5, 5.41) is 9.16. The summed E-state index contributed by atoms with van der Waals surface area (Å²) < 4.78 is 32.5. The number of ether oxygens (including phenoxy) is 1. The minimum atomic E-state index is -3.59. The zero-order valence-corrected chi connectivity index (χ0v) is 11.2. The molecule has 1 aliphatic heterocycles. The summed E-state index contributed by atoms with van der Waals surface area (Å²) in [5.41, 5.74) is -0.587. The Labute approximate surface area is 107 Å². The van der Waals surface area contributed by atoms with Gasteiger partial charge in [0.2, 0.25) is 10.0 Å². The van der Waals surface area contributed by atoms with Crippen molar-refractivity contribution in [1.29, 1.82) is 0 Å². The molecular weight excluding hydrogens is 254 g/mol. The zero-order chi connectivity index (χ0) is 13.4. The van der Waals surface area contributed by atoms with Crippen molar-refractivity contribution < 1.29 is 18.3 Å². The maximum atomic E-state index is 12.2. The molecule has 1 fully saturated rings. The van der Waals surface area contributed by atoms with Crippen molar-refractivity contribution in [3.05, 3.63) is 24.3 Å². The van der Waals surface area contributed by atoms with Gasteiger partial charge in [-0.15, -0.1) is 0 Å². The van der Waals surface area contributed by atoms with Crippen LogP contribution in [0.1, 0.15) is 20.3 Å². The van der Waals surface area contributed by atoms with E-state index in [1.807, 2.05) is 13.8 Å². The van der Waals surface area contributed by atoms with Gasteiger partial charge in [0.15, 0.2) is 0 Å². The SMILES string of the molecule is CC1OCCC1(C)NS(=O)(=O)c1ccc(O)cc1. The first-order valence-electron chi connectivity index (χ1n) is 5.78. The van der Waals surface area contributed by atoms with E-state index in [0.29, 0.717) is 13.0 Å².